The number of benzene rings is 5. The molecule has 0 aliphatic carbocycles. The van der Waals surface area contributed by atoms with Gasteiger partial charge in [0, 0.05) is 0 Å². The molecule has 41 heavy (non-hydrogen) atoms. The molecule has 0 nitrogen and oxygen atoms in total. The zero-order chi connectivity index (χ0) is 29.7. The van der Waals surface area contributed by atoms with Crippen LogP contribution in [0, 0.1) is 20.8 Å². The summed E-state index contributed by atoms with van der Waals surface area (Å²) in [4.78, 5) is 0. The van der Waals surface area contributed by atoms with E-state index in [1.54, 1.807) is 0 Å². The second-order valence-electron chi connectivity index (χ2n) is 13.5. The average molecular weight is 547 g/mol. The molecule has 0 saturated heterocycles. The molecule has 0 N–H and O–H groups in total. The summed E-state index contributed by atoms with van der Waals surface area (Å²) >= 11 is 0. The second kappa shape index (κ2) is 14.0. The molecule has 0 spiro atoms. The van der Waals surface area contributed by atoms with E-state index in [0.29, 0.717) is 5.92 Å². The van der Waals surface area contributed by atoms with Crippen LogP contribution in [0.1, 0.15) is 102 Å². The first kappa shape index (κ1) is 33.8. The molecule has 0 amide bonds. The van der Waals surface area contributed by atoms with Gasteiger partial charge in [-0.15, -0.1) is 0 Å². The Hall–Kier alpha value is -3.38. The van der Waals surface area contributed by atoms with Gasteiger partial charge in [-0.2, -0.15) is 0 Å². The molecule has 0 unspecified atom stereocenters. The lowest BCUT2D eigenvalue weighted by atomic mass is 9.83. The maximum absolute atomic E-state index is 2.27. The molecule has 0 atom stereocenters. The Morgan fingerprint density at radius 1 is 0.439 bits per heavy atom. The fraction of sp³-hybridized carbons (Fsp3) is 0.366. The number of rotatable bonds is 1. The van der Waals surface area contributed by atoms with Crippen molar-refractivity contribution in [2.45, 2.75) is 100 Å². The first-order valence-electron chi connectivity index (χ1n) is 14.7. The van der Waals surface area contributed by atoms with E-state index in [9.17, 15) is 0 Å². The van der Waals surface area contributed by atoms with Gasteiger partial charge in [0.25, 0.3) is 0 Å². The third-order valence-corrected chi connectivity index (χ3v) is 7.64. The molecule has 218 valence electrons. The molecule has 0 aromatic heterocycles. The van der Waals surface area contributed by atoms with Crippen LogP contribution >= 0.6 is 0 Å². The second-order valence-corrected chi connectivity index (χ2v) is 13.5. The van der Waals surface area contributed by atoms with Gasteiger partial charge in [-0.3, -0.25) is 0 Å². The molecular formula is C41H54. The van der Waals surface area contributed by atoms with Gasteiger partial charge in [0.15, 0.2) is 0 Å². The molecule has 5 aromatic carbocycles. The third kappa shape index (κ3) is 8.80. The number of aryl methyl sites for hydroxylation is 3. The average Bonchev–Trinajstić information content (AvgIpc) is 2.89. The summed E-state index contributed by atoms with van der Waals surface area (Å²) in [6.45, 7) is 24.5. The quantitative estimate of drug-likeness (QED) is 0.196. The van der Waals surface area contributed by atoms with Gasteiger partial charge >= 0.3 is 0 Å². The largest absolute Gasteiger partial charge is 0.0776 e. The normalized spacial score (nSPS) is 11.3. The van der Waals surface area contributed by atoms with Crippen LogP contribution in [0.25, 0.3) is 21.5 Å². The smallest absolute Gasteiger partial charge is 0.0126 e. The SMILES string of the molecule is C.Cc1ccc(C(C)(C)C)c2ccccc12.Cc1ccc(C(C)(C)C)c2ccccc12.Cc1ccc(C(C)C)cc1. The predicted molar refractivity (Wildman–Crippen MR) is 187 cm³/mol. The van der Waals surface area contributed by atoms with Crippen molar-refractivity contribution in [3.63, 3.8) is 0 Å². The Kier molecular flexibility index (Phi) is 11.5. The lowest BCUT2D eigenvalue weighted by Gasteiger charge is -2.22. The highest BCUT2D eigenvalue weighted by Gasteiger charge is 2.17. The Morgan fingerprint density at radius 3 is 1.10 bits per heavy atom. The highest BCUT2D eigenvalue weighted by atomic mass is 14.2. The first-order chi connectivity index (χ1) is 18.7. The lowest BCUT2D eigenvalue weighted by Crippen LogP contribution is -2.11. The van der Waals surface area contributed by atoms with E-state index in [1.165, 1.54) is 54.9 Å². The van der Waals surface area contributed by atoms with Crippen LogP contribution in [0.5, 0.6) is 0 Å². The maximum Gasteiger partial charge on any atom is -0.0126 e. The summed E-state index contributed by atoms with van der Waals surface area (Å²) in [5, 5.41) is 5.55. The van der Waals surface area contributed by atoms with Crippen molar-refractivity contribution < 1.29 is 0 Å². The number of hydrogen-bond acceptors (Lipinski definition) is 0. The van der Waals surface area contributed by atoms with Gasteiger partial charge < -0.3 is 0 Å². The van der Waals surface area contributed by atoms with Crippen molar-refractivity contribution in [3.05, 3.63) is 130 Å². The Bertz CT molecular complexity index is 1440. The van der Waals surface area contributed by atoms with Crippen molar-refractivity contribution in [2.24, 2.45) is 0 Å². The fourth-order valence-electron chi connectivity index (χ4n) is 5.16. The highest BCUT2D eigenvalue weighted by Crippen LogP contribution is 2.32. The lowest BCUT2D eigenvalue weighted by molar-refractivity contribution is 0.595. The standard InChI is InChI=1S/2C15H18.C10H14.CH4/c2*1-11-9-10-14(15(2,3)4)13-8-6-5-7-12(11)13;1-8(2)10-6-4-9(3)5-7-10;/h2*5-10H,1-4H3;4-8H,1-3H3;1H4. The molecule has 0 aliphatic rings. The number of fused-ring (bicyclic) bond motifs is 2. The molecule has 0 radical (unpaired) electrons. The van der Waals surface area contributed by atoms with Crippen LogP contribution in [0.2, 0.25) is 0 Å². The van der Waals surface area contributed by atoms with Crippen molar-refractivity contribution >= 4 is 21.5 Å². The zero-order valence-electron chi connectivity index (χ0n) is 26.8. The molecule has 5 rings (SSSR count). The van der Waals surface area contributed by atoms with E-state index >= 15 is 0 Å². The summed E-state index contributed by atoms with van der Waals surface area (Å²) < 4.78 is 0. The molecule has 0 fully saturated rings. The van der Waals surface area contributed by atoms with Crippen molar-refractivity contribution in [2.75, 3.05) is 0 Å². The third-order valence-electron chi connectivity index (χ3n) is 7.64. The first-order valence-corrected chi connectivity index (χ1v) is 14.7. The van der Waals surface area contributed by atoms with E-state index in [0.717, 1.165) is 0 Å². The molecule has 0 heteroatoms. The van der Waals surface area contributed by atoms with Crippen molar-refractivity contribution in [1.82, 2.24) is 0 Å². The van der Waals surface area contributed by atoms with Gasteiger partial charge in [-0.25, -0.2) is 0 Å². The van der Waals surface area contributed by atoms with E-state index in [-0.39, 0.29) is 18.3 Å². The van der Waals surface area contributed by atoms with E-state index < -0.39 is 0 Å². The van der Waals surface area contributed by atoms with Crippen LogP contribution in [0.15, 0.2) is 97.1 Å². The monoisotopic (exact) mass is 546 g/mol. The van der Waals surface area contributed by atoms with E-state index in [1.807, 2.05) is 0 Å². The van der Waals surface area contributed by atoms with Crippen LogP contribution < -0.4 is 0 Å². The van der Waals surface area contributed by atoms with E-state index in [2.05, 4.69) is 173 Å². The van der Waals surface area contributed by atoms with Gasteiger partial charge in [0.1, 0.15) is 0 Å². The minimum atomic E-state index is 0. The molecule has 5 aromatic rings. The Morgan fingerprint density at radius 2 is 0.780 bits per heavy atom. The summed E-state index contributed by atoms with van der Waals surface area (Å²) in [7, 11) is 0. The minimum Gasteiger partial charge on any atom is -0.0776 e. The fourth-order valence-corrected chi connectivity index (χ4v) is 5.16. The van der Waals surface area contributed by atoms with Gasteiger partial charge in [-0.05, 0) is 86.9 Å². The number of hydrogen-bond donors (Lipinski definition) is 0. The maximum atomic E-state index is 2.27. The highest BCUT2D eigenvalue weighted by molar-refractivity contribution is 5.90. The van der Waals surface area contributed by atoms with Crippen LogP contribution in [-0.2, 0) is 10.8 Å². The van der Waals surface area contributed by atoms with Crippen molar-refractivity contribution in [3.8, 4) is 0 Å². The Labute approximate surface area is 251 Å². The van der Waals surface area contributed by atoms with Crippen LogP contribution in [-0.4, -0.2) is 0 Å². The summed E-state index contributed by atoms with van der Waals surface area (Å²) in [6.07, 6.45) is 0. The van der Waals surface area contributed by atoms with E-state index in [4.69, 9.17) is 0 Å². The molecule has 0 aliphatic heterocycles. The van der Waals surface area contributed by atoms with Gasteiger partial charge in [-0.1, -0.05) is 165 Å². The van der Waals surface area contributed by atoms with Gasteiger partial charge in [0.2, 0.25) is 0 Å². The summed E-state index contributed by atoms with van der Waals surface area (Å²) in [6, 6.07) is 35.0. The van der Waals surface area contributed by atoms with Gasteiger partial charge in [0.05, 0.1) is 0 Å². The van der Waals surface area contributed by atoms with Crippen LogP contribution in [0.4, 0.5) is 0 Å². The minimum absolute atomic E-state index is 0. The molecular weight excluding hydrogens is 492 g/mol. The predicted octanol–water partition coefficient (Wildman–Crippen LogP) is 12.6. The zero-order valence-corrected chi connectivity index (χ0v) is 26.8. The molecule has 0 heterocycles. The van der Waals surface area contributed by atoms with Crippen LogP contribution in [0.3, 0.4) is 0 Å². The molecule has 0 bridgehead atoms. The Balaban J connectivity index is 0.000000217. The summed E-state index contributed by atoms with van der Waals surface area (Å²) in [5.41, 5.74) is 8.78. The topological polar surface area (TPSA) is 0 Å². The molecule has 0 saturated carbocycles. The summed E-state index contributed by atoms with van der Waals surface area (Å²) in [5.74, 6) is 0.653. The van der Waals surface area contributed by atoms with Crippen molar-refractivity contribution in [1.29, 1.82) is 0 Å².